The summed E-state index contributed by atoms with van der Waals surface area (Å²) in [5.74, 6) is 2.19. The van der Waals surface area contributed by atoms with Crippen LogP contribution in [-0.2, 0) is 5.88 Å². The first kappa shape index (κ1) is 11.7. The van der Waals surface area contributed by atoms with E-state index in [1.54, 1.807) is 31.6 Å². The monoisotopic (exact) mass is 250 g/mol. The van der Waals surface area contributed by atoms with Gasteiger partial charge < -0.3 is 9.47 Å². The maximum atomic E-state index is 5.67. The summed E-state index contributed by atoms with van der Waals surface area (Å²) in [6, 6.07) is 7.23. The Labute approximate surface area is 104 Å². The summed E-state index contributed by atoms with van der Waals surface area (Å²) in [4.78, 5) is 8.17. The molecule has 5 heteroatoms. The topological polar surface area (TPSA) is 44.2 Å². The lowest BCUT2D eigenvalue weighted by Crippen LogP contribution is -1.93. The fourth-order valence-electron chi connectivity index (χ4n) is 1.26. The van der Waals surface area contributed by atoms with E-state index in [-0.39, 0.29) is 0 Å². The number of rotatable bonds is 4. The summed E-state index contributed by atoms with van der Waals surface area (Å²) in [7, 11) is 1.62. The smallest absolute Gasteiger partial charge is 0.238 e. The van der Waals surface area contributed by atoms with E-state index in [1.165, 1.54) is 0 Å². The standard InChI is InChI=1S/C12H11ClN2O2/c1-16-10-2-4-11(5-3-10)17-12-8-14-7-9(6-13)15-12/h2-5,7-8H,6H2,1H3. The number of alkyl halides is 1. The molecule has 0 aliphatic heterocycles. The molecule has 2 rings (SSSR count). The number of hydrogen-bond donors (Lipinski definition) is 0. The number of nitrogens with zero attached hydrogens (tertiary/aromatic N) is 2. The molecule has 0 aliphatic rings. The van der Waals surface area contributed by atoms with Gasteiger partial charge in [-0.25, -0.2) is 4.98 Å². The van der Waals surface area contributed by atoms with Gasteiger partial charge in [-0.1, -0.05) is 0 Å². The lowest BCUT2D eigenvalue weighted by atomic mass is 10.3. The molecule has 88 valence electrons. The van der Waals surface area contributed by atoms with Crippen molar-refractivity contribution in [2.75, 3.05) is 7.11 Å². The van der Waals surface area contributed by atoms with Gasteiger partial charge in [0.1, 0.15) is 11.5 Å². The van der Waals surface area contributed by atoms with Gasteiger partial charge in [-0.15, -0.1) is 11.6 Å². The number of ether oxygens (including phenoxy) is 2. The minimum Gasteiger partial charge on any atom is -0.497 e. The van der Waals surface area contributed by atoms with Crippen molar-refractivity contribution in [2.45, 2.75) is 5.88 Å². The van der Waals surface area contributed by atoms with Gasteiger partial charge >= 0.3 is 0 Å². The maximum Gasteiger partial charge on any atom is 0.238 e. The van der Waals surface area contributed by atoms with Gasteiger partial charge in [0.2, 0.25) is 5.88 Å². The number of methoxy groups -OCH3 is 1. The quantitative estimate of drug-likeness (QED) is 0.783. The van der Waals surface area contributed by atoms with E-state index in [1.807, 2.05) is 12.1 Å². The Hall–Kier alpha value is -1.81. The van der Waals surface area contributed by atoms with Gasteiger partial charge in [0, 0.05) is 6.20 Å². The Morgan fingerprint density at radius 1 is 1.12 bits per heavy atom. The van der Waals surface area contributed by atoms with Gasteiger partial charge in [-0.3, -0.25) is 4.98 Å². The van der Waals surface area contributed by atoms with Crippen LogP contribution >= 0.6 is 11.6 Å². The highest BCUT2D eigenvalue weighted by Gasteiger charge is 2.01. The molecule has 0 N–H and O–H groups in total. The molecule has 0 atom stereocenters. The molecule has 0 spiro atoms. The van der Waals surface area contributed by atoms with Crippen LogP contribution in [-0.4, -0.2) is 17.1 Å². The Bertz CT molecular complexity index is 488. The lowest BCUT2D eigenvalue weighted by Gasteiger charge is -2.05. The summed E-state index contributed by atoms with van der Waals surface area (Å²) in [6.07, 6.45) is 3.15. The molecule has 17 heavy (non-hydrogen) atoms. The van der Waals surface area contributed by atoms with Crippen molar-refractivity contribution in [1.82, 2.24) is 9.97 Å². The summed E-state index contributed by atoms with van der Waals surface area (Å²) >= 11 is 5.67. The van der Waals surface area contributed by atoms with E-state index in [0.29, 0.717) is 23.2 Å². The second-order valence-corrected chi connectivity index (χ2v) is 3.53. The van der Waals surface area contributed by atoms with E-state index in [0.717, 1.165) is 5.75 Å². The lowest BCUT2D eigenvalue weighted by molar-refractivity contribution is 0.412. The molecule has 0 saturated carbocycles. The Morgan fingerprint density at radius 3 is 2.47 bits per heavy atom. The first-order valence-corrected chi connectivity index (χ1v) is 5.54. The minimum absolute atomic E-state index is 0.312. The summed E-state index contributed by atoms with van der Waals surface area (Å²) in [5.41, 5.74) is 0.678. The molecular formula is C12H11ClN2O2. The molecule has 0 saturated heterocycles. The van der Waals surface area contributed by atoms with Crippen LogP contribution in [0.4, 0.5) is 0 Å². The van der Waals surface area contributed by atoms with Gasteiger partial charge in [-0.05, 0) is 24.3 Å². The van der Waals surface area contributed by atoms with Crippen molar-refractivity contribution in [1.29, 1.82) is 0 Å². The Kier molecular flexibility index (Phi) is 3.77. The van der Waals surface area contributed by atoms with Gasteiger partial charge in [-0.2, -0.15) is 0 Å². The van der Waals surface area contributed by atoms with Crippen LogP contribution < -0.4 is 9.47 Å². The highest BCUT2D eigenvalue weighted by atomic mass is 35.5. The molecule has 0 aliphatic carbocycles. The maximum absolute atomic E-state index is 5.67. The van der Waals surface area contributed by atoms with Gasteiger partial charge in [0.25, 0.3) is 0 Å². The van der Waals surface area contributed by atoms with Gasteiger partial charge in [0.15, 0.2) is 0 Å². The van der Waals surface area contributed by atoms with Crippen LogP contribution in [0.15, 0.2) is 36.7 Å². The predicted molar refractivity (Wildman–Crippen MR) is 64.7 cm³/mol. The van der Waals surface area contributed by atoms with Crippen molar-refractivity contribution in [3.8, 4) is 17.4 Å². The molecular weight excluding hydrogens is 240 g/mol. The van der Waals surface area contributed by atoms with Crippen molar-refractivity contribution >= 4 is 11.6 Å². The normalized spacial score (nSPS) is 10.0. The van der Waals surface area contributed by atoms with Crippen LogP contribution in [0.2, 0.25) is 0 Å². The first-order chi connectivity index (χ1) is 8.31. The average Bonchev–Trinajstić information content (AvgIpc) is 2.40. The molecule has 2 aromatic rings. The molecule has 0 bridgehead atoms. The summed E-state index contributed by atoms with van der Waals surface area (Å²) in [5, 5.41) is 0. The van der Waals surface area contributed by atoms with Gasteiger partial charge in [0.05, 0.1) is 24.9 Å². The molecule has 0 fully saturated rings. The Balaban J connectivity index is 2.13. The predicted octanol–water partition coefficient (Wildman–Crippen LogP) is 3.02. The molecule has 1 aromatic heterocycles. The van der Waals surface area contributed by atoms with Crippen molar-refractivity contribution in [3.05, 3.63) is 42.4 Å². The van der Waals surface area contributed by atoms with Crippen molar-refractivity contribution in [2.24, 2.45) is 0 Å². The van der Waals surface area contributed by atoms with Crippen LogP contribution in [0, 0.1) is 0 Å². The first-order valence-electron chi connectivity index (χ1n) is 5.00. The minimum atomic E-state index is 0.312. The number of hydrogen-bond acceptors (Lipinski definition) is 4. The number of benzene rings is 1. The van der Waals surface area contributed by atoms with E-state index in [2.05, 4.69) is 9.97 Å². The van der Waals surface area contributed by atoms with Crippen molar-refractivity contribution in [3.63, 3.8) is 0 Å². The fourth-order valence-corrected chi connectivity index (χ4v) is 1.39. The fraction of sp³-hybridized carbons (Fsp3) is 0.167. The van der Waals surface area contributed by atoms with E-state index in [9.17, 15) is 0 Å². The van der Waals surface area contributed by atoms with E-state index < -0.39 is 0 Å². The van der Waals surface area contributed by atoms with Crippen LogP contribution in [0.5, 0.6) is 17.4 Å². The number of aromatic nitrogens is 2. The SMILES string of the molecule is COc1ccc(Oc2cncc(CCl)n2)cc1. The average molecular weight is 251 g/mol. The highest BCUT2D eigenvalue weighted by Crippen LogP contribution is 2.22. The third-order valence-electron chi connectivity index (χ3n) is 2.08. The van der Waals surface area contributed by atoms with Crippen LogP contribution in [0.25, 0.3) is 0 Å². The molecule has 0 unspecified atom stereocenters. The second kappa shape index (κ2) is 5.50. The van der Waals surface area contributed by atoms with E-state index in [4.69, 9.17) is 21.1 Å². The molecule has 1 heterocycles. The molecule has 0 radical (unpaired) electrons. The third kappa shape index (κ3) is 3.07. The van der Waals surface area contributed by atoms with E-state index >= 15 is 0 Å². The summed E-state index contributed by atoms with van der Waals surface area (Å²) < 4.78 is 10.6. The zero-order valence-corrected chi connectivity index (χ0v) is 10.0. The van der Waals surface area contributed by atoms with Crippen LogP contribution in [0.3, 0.4) is 0 Å². The largest absolute Gasteiger partial charge is 0.497 e. The zero-order valence-electron chi connectivity index (χ0n) is 9.26. The zero-order chi connectivity index (χ0) is 12.1. The third-order valence-corrected chi connectivity index (χ3v) is 2.35. The Morgan fingerprint density at radius 2 is 1.82 bits per heavy atom. The highest BCUT2D eigenvalue weighted by molar-refractivity contribution is 6.16. The van der Waals surface area contributed by atoms with Crippen LogP contribution in [0.1, 0.15) is 5.69 Å². The number of halogens is 1. The molecule has 0 amide bonds. The second-order valence-electron chi connectivity index (χ2n) is 3.26. The molecule has 4 nitrogen and oxygen atoms in total. The van der Waals surface area contributed by atoms with Crippen molar-refractivity contribution < 1.29 is 9.47 Å². The molecule has 1 aromatic carbocycles. The summed E-state index contributed by atoms with van der Waals surface area (Å²) in [6.45, 7) is 0.